The van der Waals surface area contributed by atoms with Crippen LogP contribution in [0.2, 0.25) is 5.02 Å². The molecule has 8 heteroatoms. The van der Waals surface area contributed by atoms with Gasteiger partial charge in [-0.2, -0.15) is 0 Å². The second-order valence-corrected chi connectivity index (χ2v) is 9.24. The van der Waals surface area contributed by atoms with Gasteiger partial charge in [0.15, 0.2) is 11.5 Å². The highest BCUT2D eigenvalue weighted by Crippen LogP contribution is 2.43. The third-order valence-corrected chi connectivity index (χ3v) is 7.00. The molecule has 0 atom stereocenters. The van der Waals surface area contributed by atoms with E-state index in [-0.39, 0.29) is 70.9 Å². The third-order valence-electron chi connectivity index (χ3n) is 6.67. The Morgan fingerprint density at radius 3 is 1.89 bits per heavy atom. The summed E-state index contributed by atoms with van der Waals surface area (Å²) in [4.78, 5) is 64.1. The van der Waals surface area contributed by atoms with Gasteiger partial charge < -0.3 is 9.47 Å². The number of halogens is 1. The molecule has 35 heavy (non-hydrogen) atoms. The van der Waals surface area contributed by atoms with E-state index in [2.05, 4.69) is 0 Å². The minimum atomic E-state index is -1.07. The first kappa shape index (κ1) is 24.8. The molecule has 0 saturated heterocycles. The van der Waals surface area contributed by atoms with E-state index in [9.17, 15) is 24.0 Å². The van der Waals surface area contributed by atoms with Crippen LogP contribution >= 0.6 is 11.6 Å². The number of ketones is 4. The van der Waals surface area contributed by atoms with Crippen molar-refractivity contribution in [2.24, 2.45) is 11.8 Å². The molecule has 0 radical (unpaired) electrons. The Labute approximate surface area is 207 Å². The van der Waals surface area contributed by atoms with Crippen LogP contribution in [0.4, 0.5) is 0 Å². The fraction of sp³-hybridized carbons (Fsp3) is 0.370. The van der Waals surface area contributed by atoms with Crippen molar-refractivity contribution in [3.63, 3.8) is 0 Å². The summed E-state index contributed by atoms with van der Waals surface area (Å²) in [6, 6.07) is 11.0. The summed E-state index contributed by atoms with van der Waals surface area (Å²) in [6.45, 7) is 0. The van der Waals surface area contributed by atoms with E-state index in [4.69, 9.17) is 21.1 Å². The summed E-state index contributed by atoms with van der Waals surface area (Å²) in [7, 11) is 1.38. The van der Waals surface area contributed by atoms with Crippen molar-refractivity contribution >= 4 is 40.7 Å². The van der Waals surface area contributed by atoms with Crippen LogP contribution in [0.5, 0.6) is 11.5 Å². The topological polar surface area (TPSA) is 104 Å². The molecular weight excluding hydrogens is 472 g/mol. The number of methoxy groups -OCH3 is 1. The number of esters is 1. The Kier molecular flexibility index (Phi) is 7.45. The lowest BCUT2D eigenvalue weighted by atomic mass is 9.65. The van der Waals surface area contributed by atoms with Crippen molar-refractivity contribution in [1.82, 2.24) is 0 Å². The van der Waals surface area contributed by atoms with Crippen LogP contribution in [0.3, 0.4) is 0 Å². The first-order chi connectivity index (χ1) is 16.8. The maximum atomic E-state index is 12.9. The summed E-state index contributed by atoms with van der Waals surface area (Å²) < 4.78 is 10.9. The molecule has 0 aliphatic heterocycles. The highest BCUT2D eigenvalue weighted by atomic mass is 35.5. The molecule has 0 unspecified atom stereocenters. The van der Waals surface area contributed by atoms with Crippen LogP contribution in [0.15, 0.2) is 42.5 Å². The van der Waals surface area contributed by atoms with Crippen LogP contribution < -0.4 is 9.47 Å². The lowest BCUT2D eigenvalue weighted by Crippen LogP contribution is -2.43. The maximum Gasteiger partial charge on any atom is 0.345 e. The van der Waals surface area contributed by atoms with Gasteiger partial charge in [0, 0.05) is 31.6 Å². The lowest BCUT2D eigenvalue weighted by molar-refractivity contribution is -0.141. The first-order valence-electron chi connectivity index (χ1n) is 11.6. The zero-order valence-corrected chi connectivity index (χ0v) is 20.0. The predicted octanol–water partition coefficient (Wildman–Crippen LogP) is 4.53. The number of carbonyl (C=O) groups is 5. The van der Waals surface area contributed by atoms with Gasteiger partial charge in [-0.15, -0.1) is 0 Å². The van der Waals surface area contributed by atoms with E-state index in [1.165, 1.54) is 25.3 Å². The van der Waals surface area contributed by atoms with Crippen LogP contribution in [-0.4, -0.2) is 36.2 Å². The smallest absolute Gasteiger partial charge is 0.345 e. The molecule has 182 valence electrons. The van der Waals surface area contributed by atoms with Crippen LogP contribution in [0.25, 0.3) is 0 Å². The largest absolute Gasteiger partial charge is 0.493 e. The highest BCUT2D eigenvalue weighted by Gasteiger charge is 2.47. The standard InChI is InChI=1S/C27H25ClO7/c1-34-23-14-15(12-13-22(23)35-27(33)16-6-2-3-7-17(16)28)24(25-18(29)8-4-9-19(25)30)26-20(31)10-5-11-21(26)32/h2-3,6-7,12-14,24-26H,4-5,8-11H2,1H3. The molecule has 4 rings (SSSR count). The SMILES string of the molecule is COc1cc(C(C2C(=O)CCCC2=O)C2C(=O)CCCC2=O)ccc1OC(=O)c1ccccc1Cl. The van der Waals surface area contributed by atoms with E-state index >= 15 is 0 Å². The van der Waals surface area contributed by atoms with Crippen LogP contribution in [-0.2, 0) is 19.2 Å². The molecule has 2 saturated carbocycles. The van der Waals surface area contributed by atoms with Gasteiger partial charge in [-0.3, -0.25) is 19.2 Å². The molecule has 2 aromatic rings. The van der Waals surface area contributed by atoms with E-state index in [0.717, 1.165) is 0 Å². The third kappa shape index (κ3) is 5.05. The zero-order chi connectivity index (χ0) is 25.1. The Morgan fingerprint density at radius 2 is 1.37 bits per heavy atom. The number of hydrogen-bond donors (Lipinski definition) is 0. The van der Waals surface area contributed by atoms with E-state index in [0.29, 0.717) is 18.4 Å². The molecule has 2 aromatic carbocycles. The van der Waals surface area contributed by atoms with Crippen molar-refractivity contribution in [2.45, 2.75) is 44.4 Å². The Bertz CT molecular complexity index is 1130. The van der Waals surface area contributed by atoms with E-state index in [1.807, 2.05) is 0 Å². The van der Waals surface area contributed by atoms with Crippen molar-refractivity contribution in [3.8, 4) is 11.5 Å². The second-order valence-electron chi connectivity index (χ2n) is 8.83. The second kappa shape index (κ2) is 10.5. The monoisotopic (exact) mass is 496 g/mol. The number of ether oxygens (including phenoxy) is 2. The number of benzene rings is 2. The molecule has 2 aliphatic carbocycles. The molecule has 0 heterocycles. The average Bonchev–Trinajstić information content (AvgIpc) is 2.83. The van der Waals surface area contributed by atoms with Crippen LogP contribution in [0.1, 0.15) is 60.4 Å². The Balaban J connectivity index is 1.73. The summed E-state index contributed by atoms with van der Waals surface area (Å²) in [5, 5.41) is 0.233. The molecular formula is C27H25ClO7. The summed E-state index contributed by atoms with van der Waals surface area (Å²) in [5.74, 6) is -4.51. The van der Waals surface area contributed by atoms with Gasteiger partial charge >= 0.3 is 5.97 Å². The van der Waals surface area contributed by atoms with Gasteiger partial charge in [0.25, 0.3) is 0 Å². The fourth-order valence-electron chi connectivity index (χ4n) is 4.99. The normalized spacial score (nSPS) is 17.7. The minimum Gasteiger partial charge on any atom is -0.493 e. The van der Waals surface area contributed by atoms with Crippen LogP contribution in [0, 0.1) is 11.8 Å². The van der Waals surface area contributed by atoms with Gasteiger partial charge in [0.05, 0.1) is 29.5 Å². The molecule has 0 spiro atoms. The molecule has 0 aromatic heterocycles. The number of hydrogen-bond acceptors (Lipinski definition) is 7. The quantitative estimate of drug-likeness (QED) is 0.329. The Hall–Kier alpha value is -3.32. The van der Waals surface area contributed by atoms with Crippen molar-refractivity contribution in [2.75, 3.05) is 7.11 Å². The molecule has 0 N–H and O–H groups in total. The van der Waals surface area contributed by atoms with Crippen molar-refractivity contribution in [1.29, 1.82) is 0 Å². The van der Waals surface area contributed by atoms with Gasteiger partial charge in [-0.25, -0.2) is 4.79 Å². The van der Waals surface area contributed by atoms with Gasteiger partial charge in [0.1, 0.15) is 23.1 Å². The Morgan fingerprint density at radius 1 is 0.829 bits per heavy atom. The lowest BCUT2D eigenvalue weighted by Gasteiger charge is -2.34. The van der Waals surface area contributed by atoms with E-state index in [1.54, 1.807) is 24.3 Å². The minimum absolute atomic E-state index is 0.0996. The molecule has 7 nitrogen and oxygen atoms in total. The molecule has 0 amide bonds. The molecule has 2 fully saturated rings. The molecule has 2 aliphatic rings. The summed E-state index contributed by atoms with van der Waals surface area (Å²) in [5.41, 5.74) is 0.622. The molecule has 0 bridgehead atoms. The number of carbonyl (C=O) groups excluding carboxylic acids is 5. The van der Waals surface area contributed by atoms with E-state index < -0.39 is 23.7 Å². The zero-order valence-electron chi connectivity index (χ0n) is 19.3. The summed E-state index contributed by atoms with van der Waals surface area (Å²) >= 11 is 6.09. The first-order valence-corrected chi connectivity index (χ1v) is 11.9. The fourth-order valence-corrected chi connectivity index (χ4v) is 5.20. The van der Waals surface area contributed by atoms with Gasteiger partial charge in [-0.1, -0.05) is 29.8 Å². The predicted molar refractivity (Wildman–Crippen MR) is 127 cm³/mol. The average molecular weight is 497 g/mol. The van der Waals surface area contributed by atoms with Crippen molar-refractivity contribution in [3.05, 3.63) is 58.6 Å². The van der Waals surface area contributed by atoms with Gasteiger partial charge in [-0.05, 0) is 42.7 Å². The van der Waals surface area contributed by atoms with Gasteiger partial charge in [0.2, 0.25) is 0 Å². The number of rotatable bonds is 6. The van der Waals surface area contributed by atoms with Crippen molar-refractivity contribution < 1.29 is 33.4 Å². The maximum absolute atomic E-state index is 12.9. The highest BCUT2D eigenvalue weighted by molar-refractivity contribution is 6.33. The summed E-state index contributed by atoms with van der Waals surface area (Å²) in [6.07, 6.45) is 1.85. The number of Topliss-reactive ketones (excluding diaryl/α,β-unsaturated/α-hetero) is 4.